The summed E-state index contributed by atoms with van der Waals surface area (Å²) in [5, 5.41) is 0. The standard InChI is InChI=1S/C16H31N3O/c1-12-6-7-18(9-15(12)20-3)16(10-17)8-13(2)19(11-16)14-4-5-14/h12-15H,4-11,17H2,1-3H3. The molecule has 0 radical (unpaired) electrons. The molecular weight excluding hydrogens is 250 g/mol. The van der Waals surface area contributed by atoms with Gasteiger partial charge in [0, 0.05) is 44.4 Å². The summed E-state index contributed by atoms with van der Waals surface area (Å²) in [4.78, 5) is 5.37. The highest BCUT2D eigenvalue weighted by atomic mass is 16.5. The summed E-state index contributed by atoms with van der Waals surface area (Å²) in [6.45, 7) is 8.89. The number of hydrogen-bond donors (Lipinski definition) is 1. The minimum Gasteiger partial charge on any atom is -0.380 e. The summed E-state index contributed by atoms with van der Waals surface area (Å²) in [7, 11) is 1.85. The molecule has 0 aromatic carbocycles. The van der Waals surface area contributed by atoms with Crippen molar-refractivity contribution in [3.63, 3.8) is 0 Å². The van der Waals surface area contributed by atoms with E-state index in [1.807, 2.05) is 7.11 Å². The van der Waals surface area contributed by atoms with Gasteiger partial charge in [-0.2, -0.15) is 0 Å². The predicted octanol–water partition coefficient (Wildman–Crippen LogP) is 1.30. The van der Waals surface area contributed by atoms with Gasteiger partial charge in [0.1, 0.15) is 0 Å². The Kier molecular flexibility index (Phi) is 4.10. The minimum absolute atomic E-state index is 0.193. The maximum Gasteiger partial charge on any atom is 0.0724 e. The highest BCUT2D eigenvalue weighted by Crippen LogP contribution is 2.40. The van der Waals surface area contributed by atoms with Gasteiger partial charge in [-0.3, -0.25) is 9.80 Å². The number of hydrogen-bond acceptors (Lipinski definition) is 4. The van der Waals surface area contributed by atoms with Crippen LogP contribution in [0.5, 0.6) is 0 Å². The number of likely N-dealkylation sites (tertiary alicyclic amines) is 2. The Bertz CT molecular complexity index is 347. The Morgan fingerprint density at radius 1 is 1.25 bits per heavy atom. The molecule has 2 saturated heterocycles. The number of nitrogens with zero attached hydrogens (tertiary/aromatic N) is 2. The van der Waals surface area contributed by atoms with Crippen molar-refractivity contribution < 1.29 is 4.74 Å². The van der Waals surface area contributed by atoms with Crippen molar-refractivity contribution in [2.75, 3.05) is 33.3 Å². The monoisotopic (exact) mass is 281 g/mol. The highest BCUT2D eigenvalue weighted by molar-refractivity contribution is 5.08. The van der Waals surface area contributed by atoms with Crippen LogP contribution in [0, 0.1) is 5.92 Å². The first-order chi connectivity index (χ1) is 9.59. The first-order valence-corrected chi connectivity index (χ1v) is 8.33. The van der Waals surface area contributed by atoms with Crippen LogP contribution in [0.3, 0.4) is 0 Å². The van der Waals surface area contributed by atoms with Crippen molar-refractivity contribution in [3.8, 4) is 0 Å². The number of piperidine rings is 1. The fourth-order valence-electron chi connectivity index (χ4n) is 4.40. The summed E-state index contributed by atoms with van der Waals surface area (Å²) in [5.74, 6) is 0.671. The molecule has 2 heterocycles. The van der Waals surface area contributed by atoms with E-state index >= 15 is 0 Å². The Balaban J connectivity index is 1.72. The number of rotatable bonds is 4. The zero-order chi connectivity index (χ0) is 14.3. The summed E-state index contributed by atoms with van der Waals surface area (Å²) in [6, 6.07) is 1.53. The van der Waals surface area contributed by atoms with Crippen LogP contribution in [-0.2, 0) is 4.74 Å². The maximum absolute atomic E-state index is 6.26. The quantitative estimate of drug-likeness (QED) is 0.843. The predicted molar refractivity (Wildman–Crippen MR) is 81.7 cm³/mol. The van der Waals surface area contributed by atoms with Crippen LogP contribution in [0.25, 0.3) is 0 Å². The summed E-state index contributed by atoms with van der Waals surface area (Å²) < 4.78 is 5.70. The minimum atomic E-state index is 0.193. The van der Waals surface area contributed by atoms with E-state index in [0.717, 1.165) is 19.1 Å². The van der Waals surface area contributed by atoms with Gasteiger partial charge >= 0.3 is 0 Å². The lowest BCUT2D eigenvalue weighted by Crippen LogP contribution is -2.60. The first kappa shape index (κ1) is 14.8. The van der Waals surface area contributed by atoms with Crippen LogP contribution >= 0.6 is 0 Å². The highest BCUT2D eigenvalue weighted by Gasteiger charge is 2.50. The lowest BCUT2D eigenvalue weighted by molar-refractivity contribution is -0.0422. The molecule has 1 aliphatic carbocycles. The molecule has 0 spiro atoms. The molecule has 2 N–H and O–H groups in total. The van der Waals surface area contributed by atoms with E-state index in [4.69, 9.17) is 10.5 Å². The molecule has 4 nitrogen and oxygen atoms in total. The molecule has 4 heteroatoms. The third kappa shape index (κ3) is 2.52. The summed E-state index contributed by atoms with van der Waals surface area (Å²) in [6.07, 6.45) is 5.62. The second kappa shape index (κ2) is 5.56. The zero-order valence-electron chi connectivity index (χ0n) is 13.3. The van der Waals surface area contributed by atoms with E-state index in [9.17, 15) is 0 Å². The van der Waals surface area contributed by atoms with E-state index in [0.29, 0.717) is 18.1 Å². The van der Waals surface area contributed by atoms with Crippen molar-refractivity contribution in [1.29, 1.82) is 0 Å². The molecular formula is C16H31N3O. The molecule has 0 amide bonds. The van der Waals surface area contributed by atoms with Gasteiger partial charge in [-0.25, -0.2) is 0 Å². The van der Waals surface area contributed by atoms with Gasteiger partial charge in [-0.1, -0.05) is 6.92 Å². The number of ether oxygens (including phenoxy) is 1. The van der Waals surface area contributed by atoms with Gasteiger partial charge in [0.25, 0.3) is 0 Å². The van der Waals surface area contributed by atoms with Gasteiger partial charge in [-0.15, -0.1) is 0 Å². The van der Waals surface area contributed by atoms with Crippen molar-refractivity contribution in [2.45, 2.75) is 63.3 Å². The molecule has 1 saturated carbocycles. The average Bonchev–Trinajstić information content (AvgIpc) is 3.23. The molecule has 4 unspecified atom stereocenters. The largest absolute Gasteiger partial charge is 0.380 e. The molecule has 4 atom stereocenters. The molecule has 3 rings (SSSR count). The molecule has 116 valence electrons. The average molecular weight is 281 g/mol. The van der Waals surface area contributed by atoms with Gasteiger partial charge in [-0.05, 0) is 45.1 Å². The number of nitrogens with two attached hydrogens (primary N) is 1. The summed E-state index contributed by atoms with van der Waals surface area (Å²) in [5.41, 5.74) is 6.45. The van der Waals surface area contributed by atoms with Gasteiger partial charge in [0.05, 0.1) is 6.10 Å². The van der Waals surface area contributed by atoms with E-state index in [-0.39, 0.29) is 5.54 Å². The molecule has 0 aromatic rings. The fourth-order valence-corrected chi connectivity index (χ4v) is 4.40. The van der Waals surface area contributed by atoms with Gasteiger partial charge < -0.3 is 10.5 Å². The van der Waals surface area contributed by atoms with Crippen LogP contribution in [0.4, 0.5) is 0 Å². The van der Waals surface area contributed by atoms with E-state index < -0.39 is 0 Å². The van der Waals surface area contributed by atoms with Crippen molar-refractivity contribution >= 4 is 0 Å². The van der Waals surface area contributed by atoms with Crippen LogP contribution in [0.15, 0.2) is 0 Å². The Morgan fingerprint density at radius 2 is 2.00 bits per heavy atom. The molecule has 20 heavy (non-hydrogen) atoms. The number of methoxy groups -OCH3 is 1. The molecule has 0 aromatic heterocycles. The van der Waals surface area contributed by atoms with Gasteiger partial charge in [0.2, 0.25) is 0 Å². The Morgan fingerprint density at radius 3 is 2.60 bits per heavy atom. The van der Waals surface area contributed by atoms with Crippen molar-refractivity contribution in [1.82, 2.24) is 9.80 Å². The third-order valence-corrected chi connectivity index (χ3v) is 5.98. The molecule has 0 bridgehead atoms. The first-order valence-electron chi connectivity index (χ1n) is 8.33. The van der Waals surface area contributed by atoms with E-state index in [1.165, 1.54) is 38.8 Å². The van der Waals surface area contributed by atoms with Crippen LogP contribution in [0.1, 0.15) is 39.5 Å². The Hall–Kier alpha value is -0.160. The SMILES string of the molecule is COC1CN(C2(CN)CC(C)N(C3CC3)C2)CCC1C. The van der Waals surface area contributed by atoms with E-state index in [1.54, 1.807) is 0 Å². The topological polar surface area (TPSA) is 41.7 Å². The third-order valence-electron chi connectivity index (χ3n) is 5.98. The van der Waals surface area contributed by atoms with Crippen molar-refractivity contribution in [2.24, 2.45) is 11.7 Å². The lowest BCUT2D eigenvalue weighted by atomic mass is 9.87. The van der Waals surface area contributed by atoms with Crippen molar-refractivity contribution in [3.05, 3.63) is 0 Å². The molecule has 3 aliphatic rings. The fraction of sp³-hybridized carbons (Fsp3) is 1.00. The Labute approximate surface area is 123 Å². The molecule has 3 fully saturated rings. The smallest absolute Gasteiger partial charge is 0.0724 e. The van der Waals surface area contributed by atoms with Gasteiger partial charge in [0.15, 0.2) is 0 Å². The molecule has 2 aliphatic heterocycles. The van der Waals surface area contributed by atoms with E-state index in [2.05, 4.69) is 23.6 Å². The second-order valence-electron chi connectivity index (χ2n) is 7.37. The van der Waals surface area contributed by atoms with Crippen LogP contribution in [-0.4, -0.2) is 66.8 Å². The normalized spacial score (nSPS) is 44.1. The van der Waals surface area contributed by atoms with Crippen LogP contribution in [0.2, 0.25) is 0 Å². The maximum atomic E-state index is 6.26. The lowest BCUT2D eigenvalue weighted by Gasteiger charge is -2.46. The second-order valence-corrected chi connectivity index (χ2v) is 7.37. The van der Waals surface area contributed by atoms with Crippen LogP contribution < -0.4 is 5.73 Å². The zero-order valence-corrected chi connectivity index (χ0v) is 13.3. The summed E-state index contributed by atoms with van der Waals surface area (Å²) >= 11 is 0.